The Balaban J connectivity index is 2.14. The number of fused-ring (bicyclic) bond motifs is 1. The van der Waals surface area contributed by atoms with Crippen LogP contribution in [-0.4, -0.2) is 46.8 Å². The molecule has 1 unspecified atom stereocenters. The molecule has 1 aromatic rings. The van der Waals surface area contributed by atoms with Crippen LogP contribution in [0.15, 0.2) is 18.2 Å². The number of rotatable bonds is 7. The molecule has 1 heterocycles. The minimum absolute atomic E-state index is 0.0131. The molecule has 3 amide bonds. The van der Waals surface area contributed by atoms with Gasteiger partial charge < -0.3 is 10.4 Å². The topological polar surface area (TPSA) is 104 Å². The van der Waals surface area contributed by atoms with E-state index in [1.807, 2.05) is 6.92 Å². The van der Waals surface area contributed by atoms with E-state index in [2.05, 4.69) is 5.32 Å². The minimum atomic E-state index is -1.00. The summed E-state index contributed by atoms with van der Waals surface area (Å²) >= 11 is 0. The van der Waals surface area contributed by atoms with Crippen molar-refractivity contribution in [3.8, 4) is 0 Å². The molecule has 128 valence electrons. The molecular formula is C17H20N2O5. The number of unbranched alkanes of at least 4 members (excludes halogenated alkanes) is 1. The molecule has 1 aliphatic rings. The first-order valence-corrected chi connectivity index (χ1v) is 7.88. The Hall–Kier alpha value is -2.70. The zero-order chi connectivity index (χ0) is 17.9. The van der Waals surface area contributed by atoms with E-state index in [1.54, 1.807) is 0 Å². The van der Waals surface area contributed by atoms with Crippen molar-refractivity contribution < 1.29 is 24.3 Å². The molecule has 1 atom stereocenters. The van der Waals surface area contributed by atoms with Crippen molar-refractivity contribution >= 4 is 23.7 Å². The van der Waals surface area contributed by atoms with Crippen LogP contribution < -0.4 is 5.32 Å². The highest BCUT2D eigenvalue weighted by Crippen LogP contribution is 2.24. The highest BCUT2D eigenvalue weighted by Gasteiger charge is 2.35. The maximum Gasteiger partial charge on any atom is 0.308 e. The summed E-state index contributed by atoms with van der Waals surface area (Å²) in [7, 11) is 0. The zero-order valence-electron chi connectivity index (χ0n) is 13.7. The molecule has 0 radical (unpaired) electrons. The number of amides is 3. The van der Waals surface area contributed by atoms with E-state index in [-0.39, 0.29) is 23.6 Å². The van der Waals surface area contributed by atoms with Crippen molar-refractivity contribution in [2.24, 2.45) is 5.92 Å². The molecule has 0 bridgehead atoms. The Morgan fingerprint density at radius 2 is 1.88 bits per heavy atom. The first kappa shape index (κ1) is 17.7. The first-order chi connectivity index (χ1) is 11.4. The summed E-state index contributed by atoms with van der Waals surface area (Å²) in [4.78, 5) is 48.6. The molecule has 0 aliphatic carbocycles. The van der Waals surface area contributed by atoms with E-state index in [0.717, 1.165) is 12.8 Å². The van der Waals surface area contributed by atoms with Gasteiger partial charge in [0.2, 0.25) is 0 Å². The number of carboxylic acids is 1. The largest absolute Gasteiger partial charge is 0.481 e. The lowest BCUT2D eigenvalue weighted by Gasteiger charge is -2.12. The normalized spacial score (nSPS) is 14.5. The SMILES string of the molecule is CCCCN1C(=O)c2ccc(C(=O)NCC(C)C(=O)O)cc2C1=O. The molecule has 0 saturated heterocycles. The van der Waals surface area contributed by atoms with Crippen LogP contribution in [0.5, 0.6) is 0 Å². The Morgan fingerprint density at radius 1 is 1.21 bits per heavy atom. The van der Waals surface area contributed by atoms with Gasteiger partial charge in [-0.3, -0.25) is 24.1 Å². The number of carbonyl (C=O) groups excluding carboxylic acids is 3. The fourth-order valence-electron chi connectivity index (χ4n) is 2.39. The quantitative estimate of drug-likeness (QED) is 0.737. The number of imide groups is 1. The minimum Gasteiger partial charge on any atom is -0.481 e. The Kier molecular flexibility index (Phi) is 5.33. The Morgan fingerprint density at radius 3 is 2.50 bits per heavy atom. The van der Waals surface area contributed by atoms with E-state index in [0.29, 0.717) is 12.1 Å². The lowest BCUT2D eigenvalue weighted by molar-refractivity contribution is -0.140. The standard InChI is InChI=1S/C17H20N2O5/c1-3-4-7-19-15(21)12-6-5-11(8-13(12)16(19)22)14(20)18-9-10(2)17(23)24/h5-6,8,10H,3-4,7,9H2,1-2H3,(H,18,20)(H,23,24). The van der Waals surface area contributed by atoms with Gasteiger partial charge in [-0.15, -0.1) is 0 Å². The number of hydrogen-bond donors (Lipinski definition) is 2. The summed E-state index contributed by atoms with van der Waals surface area (Å²) in [6.07, 6.45) is 1.59. The number of nitrogens with zero attached hydrogens (tertiary/aromatic N) is 1. The predicted octanol–water partition coefficient (Wildman–Crippen LogP) is 1.53. The number of nitrogens with one attached hydrogen (secondary N) is 1. The number of benzene rings is 1. The number of carboxylic acid groups (broad SMARTS) is 1. The van der Waals surface area contributed by atoms with Crippen molar-refractivity contribution in [3.05, 3.63) is 34.9 Å². The van der Waals surface area contributed by atoms with Crippen molar-refractivity contribution in [2.45, 2.75) is 26.7 Å². The Bertz CT molecular complexity index is 698. The number of carbonyl (C=O) groups is 4. The van der Waals surface area contributed by atoms with Crippen LogP contribution in [-0.2, 0) is 4.79 Å². The summed E-state index contributed by atoms with van der Waals surface area (Å²) < 4.78 is 0. The van der Waals surface area contributed by atoms with Crippen molar-refractivity contribution in [1.29, 1.82) is 0 Å². The van der Waals surface area contributed by atoms with Gasteiger partial charge in [0.25, 0.3) is 17.7 Å². The maximum atomic E-state index is 12.3. The summed E-state index contributed by atoms with van der Waals surface area (Å²) in [6, 6.07) is 4.33. The molecule has 0 aromatic heterocycles. The summed E-state index contributed by atoms with van der Waals surface area (Å²) in [5.41, 5.74) is 0.742. The molecule has 2 N–H and O–H groups in total. The molecule has 1 aliphatic heterocycles. The summed E-state index contributed by atoms with van der Waals surface area (Å²) in [5.74, 6) is -2.92. The Labute approximate surface area is 139 Å². The van der Waals surface area contributed by atoms with Crippen LogP contribution in [0, 0.1) is 5.92 Å². The highest BCUT2D eigenvalue weighted by molar-refractivity contribution is 6.22. The van der Waals surface area contributed by atoms with E-state index in [9.17, 15) is 19.2 Å². The lowest BCUT2D eigenvalue weighted by atomic mass is 10.0. The predicted molar refractivity (Wildman–Crippen MR) is 85.9 cm³/mol. The second kappa shape index (κ2) is 7.25. The average molecular weight is 332 g/mol. The summed E-state index contributed by atoms with van der Waals surface area (Å²) in [5, 5.41) is 11.3. The lowest BCUT2D eigenvalue weighted by Crippen LogP contribution is -2.31. The van der Waals surface area contributed by atoms with Crippen molar-refractivity contribution in [2.75, 3.05) is 13.1 Å². The van der Waals surface area contributed by atoms with Gasteiger partial charge in [-0.2, -0.15) is 0 Å². The molecule has 0 fully saturated rings. The third kappa shape index (κ3) is 3.45. The average Bonchev–Trinajstić information content (AvgIpc) is 2.81. The van der Waals surface area contributed by atoms with Gasteiger partial charge in [-0.05, 0) is 24.6 Å². The van der Waals surface area contributed by atoms with Crippen LogP contribution in [0.1, 0.15) is 57.8 Å². The smallest absolute Gasteiger partial charge is 0.308 e. The molecule has 2 rings (SSSR count). The second-order valence-corrected chi connectivity index (χ2v) is 5.83. The molecule has 7 nitrogen and oxygen atoms in total. The van der Waals surface area contributed by atoms with E-state index < -0.39 is 23.7 Å². The van der Waals surface area contributed by atoms with Crippen molar-refractivity contribution in [3.63, 3.8) is 0 Å². The monoisotopic (exact) mass is 332 g/mol. The van der Waals surface area contributed by atoms with Gasteiger partial charge in [-0.1, -0.05) is 20.3 Å². The fourth-order valence-corrected chi connectivity index (χ4v) is 2.39. The fraction of sp³-hybridized carbons (Fsp3) is 0.412. The maximum absolute atomic E-state index is 12.3. The summed E-state index contributed by atoms with van der Waals surface area (Å²) in [6.45, 7) is 3.80. The van der Waals surface area contributed by atoms with Gasteiger partial charge >= 0.3 is 5.97 Å². The molecular weight excluding hydrogens is 312 g/mol. The van der Waals surface area contributed by atoms with Crippen LogP contribution >= 0.6 is 0 Å². The highest BCUT2D eigenvalue weighted by atomic mass is 16.4. The van der Waals surface area contributed by atoms with Gasteiger partial charge in [0.1, 0.15) is 0 Å². The molecule has 24 heavy (non-hydrogen) atoms. The molecule has 0 saturated carbocycles. The number of hydrogen-bond acceptors (Lipinski definition) is 4. The van der Waals surface area contributed by atoms with E-state index >= 15 is 0 Å². The van der Waals surface area contributed by atoms with Crippen LogP contribution in [0.4, 0.5) is 0 Å². The van der Waals surface area contributed by atoms with Crippen molar-refractivity contribution in [1.82, 2.24) is 10.2 Å². The zero-order valence-corrected chi connectivity index (χ0v) is 13.7. The van der Waals surface area contributed by atoms with Gasteiger partial charge in [0.05, 0.1) is 17.0 Å². The van der Waals surface area contributed by atoms with Crippen LogP contribution in [0.25, 0.3) is 0 Å². The molecule has 1 aromatic carbocycles. The van der Waals surface area contributed by atoms with E-state index in [4.69, 9.17) is 5.11 Å². The van der Waals surface area contributed by atoms with Crippen LogP contribution in [0.3, 0.4) is 0 Å². The van der Waals surface area contributed by atoms with E-state index in [1.165, 1.54) is 30.0 Å². The third-order valence-electron chi connectivity index (χ3n) is 3.96. The first-order valence-electron chi connectivity index (χ1n) is 7.88. The van der Waals surface area contributed by atoms with Gasteiger partial charge in [0, 0.05) is 18.7 Å². The molecule has 0 spiro atoms. The third-order valence-corrected chi connectivity index (χ3v) is 3.96. The molecule has 7 heteroatoms. The number of aliphatic carboxylic acids is 1. The van der Waals surface area contributed by atoms with Crippen LogP contribution in [0.2, 0.25) is 0 Å². The second-order valence-electron chi connectivity index (χ2n) is 5.83. The van der Waals surface area contributed by atoms with Gasteiger partial charge in [0.15, 0.2) is 0 Å². The van der Waals surface area contributed by atoms with Gasteiger partial charge in [-0.25, -0.2) is 0 Å².